The molecule has 2 aliphatic heterocycles. The maximum Gasteiger partial charge on any atom is 0.322 e. The Morgan fingerprint density at radius 1 is 1.04 bits per heavy atom. The molecular formula is C21H22N2O3. The van der Waals surface area contributed by atoms with Crippen LogP contribution >= 0.6 is 0 Å². The third-order valence-electron chi connectivity index (χ3n) is 5.55. The third kappa shape index (κ3) is 2.59. The van der Waals surface area contributed by atoms with Gasteiger partial charge in [0.1, 0.15) is 13.2 Å². The molecule has 5 rings (SSSR count). The van der Waals surface area contributed by atoms with Gasteiger partial charge < -0.3 is 14.8 Å². The minimum atomic E-state index is -0.278. The monoisotopic (exact) mass is 350 g/mol. The van der Waals surface area contributed by atoms with E-state index in [0.29, 0.717) is 13.2 Å². The van der Waals surface area contributed by atoms with Crippen LogP contribution < -0.4 is 19.7 Å². The van der Waals surface area contributed by atoms with Crippen molar-refractivity contribution >= 4 is 11.7 Å². The molecule has 2 heterocycles. The van der Waals surface area contributed by atoms with E-state index < -0.39 is 0 Å². The lowest BCUT2D eigenvalue weighted by Gasteiger charge is -2.31. The summed E-state index contributed by atoms with van der Waals surface area (Å²) in [5.41, 5.74) is 3.10. The molecular weight excluding hydrogens is 328 g/mol. The van der Waals surface area contributed by atoms with Crippen LogP contribution in [0, 0.1) is 0 Å². The molecule has 1 saturated carbocycles. The fourth-order valence-electron chi connectivity index (χ4n) is 3.97. The number of benzene rings is 2. The number of anilines is 1. The minimum absolute atomic E-state index is 0.00969. The predicted molar refractivity (Wildman–Crippen MR) is 99.0 cm³/mol. The van der Waals surface area contributed by atoms with E-state index in [9.17, 15) is 4.79 Å². The number of urea groups is 1. The molecule has 0 bridgehead atoms. The van der Waals surface area contributed by atoms with Crippen LogP contribution in [-0.2, 0) is 12.0 Å². The molecule has 1 N–H and O–H groups in total. The number of carbonyl (C=O) groups excluding carboxylic acids is 1. The van der Waals surface area contributed by atoms with Crippen LogP contribution in [-0.4, -0.2) is 25.8 Å². The van der Waals surface area contributed by atoms with Crippen molar-refractivity contribution in [1.82, 2.24) is 5.32 Å². The number of rotatable bonds is 2. The van der Waals surface area contributed by atoms with Gasteiger partial charge in [-0.25, -0.2) is 4.79 Å². The van der Waals surface area contributed by atoms with Gasteiger partial charge in [-0.2, -0.15) is 0 Å². The molecule has 134 valence electrons. The average molecular weight is 350 g/mol. The first-order valence-electron chi connectivity index (χ1n) is 9.33. The summed E-state index contributed by atoms with van der Waals surface area (Å²) in [5.74, 6) is 1.56. The Hall–Kier alpha value is -2.69. The summed E-state index contributed by atoms with van der Waals surface area (Å²) >= 11 is 0. The van der Waals surface area contributed by atoms with Crippen LogP contribution in [0.15, 0.2) is 42.5 Å². The molecule has 1 aliphatic carbocycles. The van der Waals surface area contributed by atoms with Crippen molar-refractivity contribution in [2.45, 2.75) is 31.2 Å². The van der Waals surface area contributed by atoms with Crippen molar-refractivity contribution in [3.63, 3.8) is 0 Å². The van der Waals surface area contributed by atoms with Gasteiger partial charge in [-0.3, -0.25) is 4.90 Å². The van der Waals surface area contributed by atoms with Crippen molar-refractivity contribution in [3.05, 3.63) is 53.6 Å². The number of para-hydroxylation sites is 1. The fourth-order valence-corrected chi connectivity index (χ4v) is 3.97. The first-order valence-corrected chi connectivity index (χ1v) is 9.33. The molecule has 2 aromatic rings. The zero-order valence-electron chi connectivity index (χ0n) is 14.7. The topological polar surface area (TPSA) is 50.8 Å². The molecule has 0 aromatic heterocycles. The third-order valence-corrected chi connectivity index (χ3v) is 5.55. The van der Waals surface area contributed by atoms with E-state index in [0.717, 1.165) is 55.0 Å². The van der Waals surface area contributed by atoms with Crippen molar-refractivity contribution in [3.8, 4) is 11.5 Å². The first kappa shape index (κ1) is 15.6. The molecule has 0 unspecified atom stereocenters. The van der Waals surface area contributed by atoms with Crippen molar-refractivity contribution in [1.29, 1.82) is 0 Å². The minimum Gasteiger partial charge on any atom is -0.486 e. The highest BCUT2D eigenvalue weighted by Crippen LogP contribution is 2.48. The molecule has 3 aliphatic rings. The maximum absolute atomic E-state index is 13.0. The van der Waals surface area contributed by atoms with Gasteiger partial charge in [-0.1, -0.05) is 24.3 Å². The number of fused-ring (bicyclic) bond motifs is 2. The SMILES string of the molecule is O=C(NC1(c2ccc3c(c2)OCCO3)CC1)N1CCCc2ccccc21. The lowest BCUT2D eigenvalue weighted by molar-refractivity contribution is 0.171. The van der Waals surface area contributed by atoms with Crippen molar-refractivity contribution in [2.75, 3.05) is 24.7 Å². The Morgan fingerprint density at radius 2 is 1.85 bits per heavy atom. The van der Waals surface area contributed by atoms with Crippen LogP contribution in [0.4, 0.5) is 10.5 Å². The lowest BCUT2D eigenvalue weighted by atomic mass is 10.0. The van der Waals surface area contributed by atoms with Gasteiger partial charge in [0, 0.05) is 12.2 Å². The highest BCUT2D eigenvalue weighted by Gasteiger charge is 2.47. The van der Waals surface area contributed by atoms with Crippen molar-refractivity contribution in [2.24, 2.45) is 0 Å². The normalized spacial score (nSPS) is 19.5. The molecule has 1 fully saturated rings. The molecule has 2 aromatic carbocycles. The largest absolute Gasteiger partial charge is 0.486 e. The fraction of sp³-hybridized carbons (Fsp3) is 0.381. The average Bonchev–Trinajstić information content (AvgIpc) is 3.47. The molecule has 26 heavy (non-hydrogen) atoms. The first-order chi connectivity index (χ1) is 12.8. The Bertz CT molecular complexity index is 860. The predicted octanol–water partition coefficient (Wildman–Crippen LogP) is 3.61. The summed E-state index contributed by atoms with van der Waals surface area (Å²) < 4.78 is 11.3. The Morgan fingerprint density at radius 3 is 2.69 bits per heavy atom. The maximum atomic E-state index is 13.0. The Kier molecular flexibility index (Phi) is 3.55. The molecule has 0 saturated heterocycles. The zero-order valence-corrected chi connectivity index (χ0v) is 14.7. The highest BCUT2D eigenvalue weighted by molar-refractivity contribution is 5.94. The van der Waals surface area contributed by atoms with Gasteiger partial charge in [-0.15, -0.1) is 0 Å². The molecule has 5 heteroatoms. The lowest BCUT2D eigenvalue weighted by Crippen LogP contribution is -2.47. The van der Waals surface area contributed by atoms with Crippen LogP contribution in [0.25, 0.3) is 0 Å². The number of hydrogen-bond acceptors (Lipinski definition) is 3. The van der Waals surface area contributed by atoms with E-state index in [1.54, 1.807) is 0 Å². The Balaban J connectivity index is 1.39. The van der Waals surface area contributed by atoms with Gasteiger partial charge in [0.25, 0.3) is 0 Å². The van der Waals surface area contributed by atoms with E-state index in [1.165, 1.54) is 5.56 Å². The van der Waals surface area contributed by atoms with E-state index in [-0.39, 0.29) is 11.6 Å². The van der Waals surface area contributed by atoms with Gasteiger partial charge >= 0.3 is 6.03 Å². The van der Waals surface area contributed by atoms with Gasteiger partial charge in [-0.05, 0) is 55.0 Å². The standard InChI is InChI=1S/C21H22N2O3/c24-20(23-11-3-5-15-4-1-2-6-17(15)23)22-21(9-10-21)16-7-8-18-19(14-16)26-13-12-25-18/h1-2,4,6-8,14H,3,5,9-13H2,(H,22,24). The van der Waals surface area contributed by atoms with E-state index in [4.69, 9.17) is 9.47 Å². The summed E-state index contributed by atoms with van der Waals surface area (Å²) in [6, 6.07) is 14.2. The van der Waals surface area contributed by atoms with E-state index in [1.807, 2.05) is 41.3 Å². The van der Waals surface area contributed by atoms with E-state index in [2.05, 4.69) is 11.4 Å². The van der Waals surface area contributed by atoms with Gasteiger partial charge in [0.15, 0.2) is 11.5 Å². The van der Waals surface area contributed by atoms with Crippen LogP contribution in [0.5, 0.6) is 11.5 Å². The van der Waals surface area contributed by atoms with Crippen molar-refractivity contribution < 1.29 is 14.3 Å². The second-order valence-electron chi connectivity index (χ2n) is 7.25. The summed E-state index contributed by atoms with van der Waals surface area (Å²) in [5, 5.41) is 3.29. The highest BCUT2D eigenvalue weighted by atomic mass is 16.6. The number of aryl methyl sites for hydroxylation is 1. The molecule has 5 nitrogen and oxygen atoms in total. The number of ether oxygens (including phenoxy) is 2. The summed E-state index contributed by atoms with van der Waals surface area (Å²) in [6.07, 6.45) is 3.94. The quantitative estimate of drug-likeness (QED) is 0.900. The number of amides is 2. The van der Waals surface area contributed by atoms with Crippen LogP contribution in [0.1, 0.15) is 30.4 Å². The molecule has 0 radical (unpaired) electrons. The molecule has 2 amide bonds. The second-order valence-corrected chi connectivity index (χ2v) is 7.25. The van der Waals surface area contributed by atoms with Crippen LogP contribution in [0.3, 0.4) is 0 Å². The number of nitrogens with one attached hydrogen (secondary N) is 1. The zero-order chi connectivity index (χ0) is 17.6. The smallest absolute Gasteiger partial charge is 0.322 e. The Labute approximate surface area is 152 Å². The van der Waals surface area contributed by atoms with Gasteiger partial charge in [0.05, 0.1) is 5.54 Å². The summed E-state index contributed by atoms with van der Waals surface area (Å²) in [6.45, 7) is 1.92. The summed E-state index contributed by atoms with van der Waals surface area (Å²) in [7, 11) is 0. The molecule has 0 spiro atoms. The number of nitrogens with zero attached hydrogens (tertiary/aromatic N) is 1. The summed E-state index contributed by atoms with van der Waals surface area (Å²) in [4.78, 5) is 14.9. The van der Waals surface area contributed by atoms with Crippen LogP contribution in [0.2, 0.25) is 0 Å². The number of carbonyl (C=O) groups is 1. The second kappa shape index (κ2) is 5.94. The van der Waals surface area contributed by atoms with Gasteiger partial charge in [0.2, 0.25) is 0 Å². The van der Waals surface area contributed by atoms with E-state index >= 15 is 0 Å². The molecule has 0 atom stereocenters. The number of hydrogen-bond donors (Lipinski definition) is 1.